The molecule has 2 atom stereocenters. The summed E-state index contributed by atoms with van der Waals surface area (Å²) in [5.74, 6) is -2.03. The monoisotopic (exact) mass is 1330 g/mol. The first kappa shape index (κ1) is 91.2. The second-order valence-electron chi connectivity index (χ2n) is 28.4. The molecule has 9 heteroatoms. The highest BCUT2D eigenvalue weighted by Crippen LogP contribution is 2.19. The van der Waals surface area contributed by atoms with Crippen LogP contribution in [0.4, 0.5) is 0 Å². The van der Waals surface area contributed by atoms with Crippen molar-refractivity contribution in [3.8, 4) is 0 Å². The average Bonchev–Trinajstić information content (AvgIpc) is 2.86. The Labute approximate surface area is 588 Å². The van der Waals surface area contributed by atoms with E-state index < -0.39 is 24.3 Å². The van der Waals surface area contributed by atoms with Gasteiger partial charge in [0.1, 0.15) is 13.2 Å². The predicted octanol–water partition coefficient (Wildman–Crippen LogP) is 25.9. The minimum atomic E-state index is -1.52. The summed E-state index contributed by atoms with van der Waals surface area (Å²) in [7, 11) is 5.97. The molecular formula is C86H154NO8+. The van der Waals surface area contributed by atoms with Crippen LogP contribution in [0.15, 0.2) is 97.2 Å². The highest BCUT2D eigenvalue weighted by molar-refractivity contribution is 5.71. The Hall–Kier alpha value is -3.79. The van der Waals surface area contributed by atoms with Gasteiger partial charge in [-0.1, -0.05) is 381 Å². The van der Waals surface area contributed by atoms with Gasteiger partial charge in [-0.2, -0.15) is 0 Å². The van der Waals surface area contributed by atoms with E-state index in [-0.39, 0.29) is 32.2 Å². The van der Waals surface area contributed by atoms with E-state index in [9.17, 15) is 19.5 Å². The van der Waals surface area contributed by atoms with Crippen LogP contribution >= 0.6 is 0 Å². The molecule has 0 aliphatic heterocycles. The van der Waals surface area contributed by atoms with E-state index in [2.05, 4.69) is 111 Å². The molecule has 0 aromatic rings. The number of carboxylic acids is 1. The molecule has 0 saturated carbocycles. The minimum absolute atomic E-state index is 0.179. The summed E-state index contributed by atoms with van der Waals surface area (Å²) in [6.45, 7) is 4.77. The Morgan fingerprint density at radius 2 is 0.600 bits per heavy atom. The fourth-order valence-electron chi connectivity index (χ4n) is 11.7. The number of ether oxygens (including phenoxy) is 4. The molecule has 0 aliphatic carbocycles. The summed E-state index contributed by atoms with van der Waals surface area (Å²) in [6, 6.07) is 0. The minimum Gasteiger partial charge on any atom is -0.477 e. The molecule has 2 unspecified atom stereocenters. The largest absolute Gasteiger partial charge is 0.477 e. The van der Waals surface area contributed by atoms with Crippen molar-refractivity contribution >= 4 is 17.9 Å². The summed E-state index contributed by atoms with van der Waals surface area (Å²) in [5.41, 5.74) is 0. The summed E-state index contributed by atoms with van der Waals surface area (Å²) >= 11 is 0. The lowest BCUT2D eigenvalue weighted by Gasteiger charge is -2.25. The first-order valence-electron chi connectivity index (χ1n) is 40.4. The number of allylic oxidation sites excluding steroid dienone is 16. The van der Waals surface area contributed by atoms with Gasteiger partial charge in [0.15, 0.2) is 6.10 Å². The van der Waals surface area contributed by atoms with Gasteiger partial charge in [-0.3, -0.25) is 9.59 Å². The molecular weight excluding hydrogens is 1170 g/mol. The lowest BCUT2D eigenvalue weighted by atomic mass is 10.0. The van der Waals surface area contributed by atoms with Crippen LogP contribution in [0.1, 0.15) is 373 Å². The van der Waals surface area contributed by atoms with E-state index in [4.69, 9.17) is 18.9 Å². The first-order valence-corrected chi connectivity index (χ1v) is 40.4. The third-order valence-corrected chi connectivity index (χ3v) is 17.9. The zero-order chi connectivity index (χ0) is 69.0. The quantitative estimate of drug-likeness (QED) is 0.0211. The van der Waals surface area contributed by atoms with Crippen LogP contribution < -0.4 is 0 Å². The molecule has 0 aliphatic rings. The molecule has 0 rings (SSSR count). The molecule has 0 saturated heterocycles. The van der Waals surface area contributed by atoms with Gasteiger partial charge >= 0.3 is 17.9 Å². The first-order chi connectivity index (χ1) is 46.6. The van der Waals surface area contributed by atoms with Gasteiger partial charge in [0.05, 0.1) is 34.4 Å². The van der Waals surface area contributed by atoms with Crippen molar-refractivity contribution in [2.45, 2.75) is 386 Å². The number of unbranched alkanes of at least 4 members (excludes halogenated alkanes) is 44. The van der Waals surface area contributed by atoms with Crippen molar-refractivity contribution in [2.75, 3.05) is 47.5 Å². The molecule has 0 heterocycles. The maximum absolute atomic E-state index is 13.0. The summed E-state index contributed by atoms with van der Waals surface area (Å²) in [4.78, 5) is 37.7. The Morgan fingerprint density at radius 1 is 0.326 bits per heavy atom. The summed E-state index contributed by atoms with van der Waals surface area (Å²) < 4.78 is 23.0. The van der Waals surface area contributed by atoms with Crippen molar-refractivity contribution in [3.63, 3.8) is 0 Å². The molecule has 0 bridgehead atoms. The Morgan fingerprint density at radius 3 is 0.895 bits per heavy atom. The van der Waals surface area contributed by atoms with Crippen LogP contribution in [0.25, 0.3) is 0 Å². The standard InChI is InChI=1S/C86H153NO8/c1-6-8-10-12-14-16-18-20-22-24-26-28-30-32-34-36-37-38-39-40-41-42-43-44-45-46-47-49-50-52-54-56-58-60-62-64-66-68-70-72-74-76-83(88)93-80-82(81-94-86(85(90)91)92-79-78-87(3,4)5)95-84(89)77-75-73-71-69-67-65-63-61-59-57-55-53-51-48-35-33-31-29-27-25-23-21-19-17-15-13-11-9-7-2/h9,11,15,17,21,23,27,29,33,35,51,53,57,59,63,65,82,86H,6-8,10,12-14,16,18-20,22,24-26,28,30-32,34,36-50,52,54-56,58,60-62,64,66-81H2,1-5H3/p+1/b11-9-,17-15-,23-21-,29-27-,35-33-,53-51-,59-57-,65-63-. The predicted molar refractivity (Wildman–Crippen MR) is 410 cm³/mol. The molecule has 0 radical (unpaired) electrons. The number of likely N-dealkylation sites (N-methyl/N-ethyl adjacent to an activating group) is 1. The third-order valence-electron chi connectivity index (χ3n) is 17.9. The molecule has 0 amide bonds. The van der Waals surface area contributed by atoms with Gasteiger partial charge in [0.25, 0.3) is 6.29 Å². The topological polar surface area (TPSA) is 108 Å². The molecule has 0 aromatic carbocycles. The van der Waals surface area contributed by atoms with Crippen LogP contribution in [0.2, 0.25) is 0 Å². The van der Waals surface area contributed by atoms with Gasteiger partial charge in [0, 0.05) is 12.8 Å². The number of carbonyl (C=O) groups is 3. The van der Waals surface area contributed by atoms with Crippen LogP contribution in [0.5, 0.6) is 0 Å². The van der Waals surface area contributed by atoms with Gasteiger partial charge < -0.3 is 28.5 Å². The number of aliphatic carboxylic acids is 1. The third kappa shape index (κ3) is 77.4. The van der Waals surface area contributed by atoms with E-state index in [0.29, 0.717) is 23.9 Å². The molecule has 0 aromatic heterocycles. The highest BCUT2D eigenvalue weighted by Gasteiger charge is 2.25. The molecule has 0 spiro atoms. The number of hydrogen-bond donors (Lipinski definition) is 1. The normalized spacial score (nSPS) is 13.1. The number of hydrogen-bond acceptors (Lipinski definition) is 7. The van der Waals surface area contributed by atoms with E-state index in [1.165, 1.54) is 244 Å². The van der Waals surface area contributed by atoms with Crippen molar-refractivity contribution < 1.29 is 42.9 Å². The number of esters is 2. The van der Waals surface area contributed by atoms with Crippen molar-refractivity contribution in [3.05, 3.63) is 97.2 Å². The van der Waals surface area contributed by atoms with Crippen molar-refractivity contribution in [2.24, 2.45) is 0 Å². The van der Waals surface area contributed by atoms with Crippen molar-refractivity contribution in [1.29, 1.82) is 0 Å². The van der Waals surface area contributed by atoms with Gasteiger partial charge in [0.2, 0.25) is 0 Å². The lowest BCUT2D eigenvalue weighted by Crippen LogP contribution is -2.40. The van der Waals surface area contributed by atoms with Gasteiger partial charge in [-0.15, -0.1) is 0 Å². The summed E-state index contributed by atoms with van der Waals surface area (Å²) in [5, 5.41) is 9.76. The van der Waals surface area contributed by atoms with E-state index in [1.54, 1.807) is 0 Å². The molecule has 95 heavy (non-hydrogen) atoms. The second-order valence-corrected chi connectivity index (χ2v) is 28.4. The maximum Gasteiger partial charge on any atom is 0.361 e. The lowest BCUT2D eigenvalue weighted by molar-refractivity contribution is -0.870. The molecule has 1 N–H and O–H groups in total. The Kier molecular flexibility index (Phi) is 72.9. The SMILES string of the molecule is CC/C=C\C/C=C\C/C=C\C/C=C\C/C=C\C/C=C\C/C=C\C/C=C\CCCCCCC(=O)OC(COC(=O)CCCCCCCCCCCCCCCCCCCCCCCCCCCCCCCCCCCCCCCCCCC)COC(OCC[N+](C)(C)C)C(=O)O. The van der Waals surface area contributed by atoms with Crippen LogP contribution in [0, 0.1) is 0 Å². The number of quaternary nitrogens is 1. The fourth-order valence-corrected chi connectivity index (χ4v) is 11.7. The van der Waals surface area contributed by atoms with Crippen LogP contribution in [-0.4, -0.2) is 87.4 Å². The highest BCUT2D eigenvalue weighted by atomic mass is 16.7. The van der Waals surface area contributed by atoms with Crippen molar-refractivity contribution in [1.82, 2.24) is 0 Å². The van der Waals surface area contributed by atoms with Gasteiger partial charge in [-0.05, 0) is 77.0 Å². The Bertz CT molecular complexity index is 1890. The van der Waals surface area contributed by atoms with E-state index >= 15 is 0 Å². The number of carboxylic acid groups (broad SMARTS) is 1. The Balaban J connectivity index is 4.01. The molecule has 0 fully saturated rings. The molecule has 550 valence electrons. The van der Waals surface area contributed by atoms with E-state index in [1.807, 2.05) is 21.1 Å². The average molecular weight is 1330 g/mol. The fraction of sp³-hybridized carbons (Fsp3) is 0.779. The van der Waals surface area contributed by atoms with Crippen LogP contribution in [-0.2, 0) is 33.3 Å². The van der Waals surface area contributed by atoms with Crippen LogP contribution in [0.3, 0.4) is 0 Å². The van der Waals surface area contributed by atoms with Gasteiger partial charge in [-0.25, -0.2) is 4.79 Å². The zero-order valence-electron chi connectivity index (χ0n) is 63.1. The van der Waals surface area contributed by atoms with E-state index in [0.717, 1.165) is 96.3 Å². The molecule has 9 nitrogen and oxygen atoms in total. The second kappa shape index (κ2) is 76.0. The maximum atomic E-state index is 13.0. The summed E-state index contributed by atoms with van der Waals surface area (Å²) in [6.07, 6.45) is 103. The number of nitrogens with zero attached hydrogens (tertiary/aromatic N) is 1. The smallest absolute Gasteiger partial charge is 0.361 e. The zero-order valence-corrected chi connectivity index (χ0v) is 63.1. The number of rotatable bonds is 75. The number of carbonyl (C=O) groups excluding carboxylic acids is 2.